The Balaban J connectivity index is 1.44. The van der Waals surface area contributed by atoms with Crippen LogP contribution in [0.4, 0.5) is 17.1 Å². The Morgan fingerprint density at radius 1 is 1.00 bits per heavy atom. The van der Waals surface area contributed by atoms with Crippen molar-refractivity contribution in [2.75, 3.05) is 55.3 Å². The number of carbonyl (C=O) groups excluding carboxylic acids is 1. The van der Waals surface area contributed by atoms with Gasteiger partial charge in [-0.05, 0) is 62.4 Å². The molecule has 1 amide bonds. The number of piperazine rings is 1. The molecular formula is C22H30N4O. The van der Waals surface area contributed by atoms with Gasteiger partial charge in [0, 0.05) is 56.2 Å². The summed E-state index contributed by atoms with van der Waals surface area (Å²) in [5, 5.41) is 6.34. The van der Waals surface area contributed by atoms with Crippen molar-refractivity contribution >= 4 is 23.0 Å². The number of hydrogen-bond donors (Lipinski definition) is 2. The van der Waals surface area contributed by atoms with Crippen LogP contribution in [-0.2, 0) is 4.79 Å². The van der Waals surface area contributed by atoms with E-state index in [0.717, 1.165) is 48.7 Å². The van der Waals surface area contributed by atoms with Crippen molar-refractivity contribution in [3.63, 3.8) is 0 Å². The van der Waals surface area contributed by atoms with E-state index in [1.165, 1.54) is 5.69 Å². The number of likely N-dealkylation sites (N-methyl/N-ethyl adjacent to an activating group) is 1. The third kappa shape index (κ3) is 5.47. The molecule has 0 atom stereocenters. The highest BCUT2D eigenvalue weighted by molar-refractivity contribution is 5.91. The van der Waals surface area contributed by atoms with Crippen molar-refractivity contribution < 1.29 is 4.79 Å². The number of aryl methyl sites for hydroxylation is 2. The molecule has 27 heavy (non-hydrogen) atoms. The molecule has 1 aliphatic heterocycles. The van der Waals surface area contributed by atoms with Gasteiger partial charge in [-0.25, -0.2) is 0 Å². The largest absolute Gasteiger partial charge is 0.385 e. The molecule has 1 heterocycles. The second kappa shape index (κ2) is 8.91. The first-order chi connectivity index (χ1) is 13.0. The van der Waals surface area contributed by atoms with E-state index >= 15 is 0 Å². The lowest BCUT2D eigenvalue weighted by Crippen LogP contribution is -2.44. The summed E-state index contributed by atoms with van der Waals surface area (Å²) in [4.78, 5) is 17.0. The van der Waals surface area contributed by atoms with Crippen LogP contribution in [0.1, 0.15) is 17.5 Å². The van der Waals surface area contributed by atoms with Gasteiger partial charge in [-0.2, -0.15) is 0 Å². The molecule has 3 rings (SSSR count). The predicted molar refractivity (Wildman–Crippen MR) is 114 cm³/mol. The number of anilines is 3. The number of carbonyl (C=O) groups is 1. The number of hydrogen-bond acceptors (Lipinski definition) is 4. The lowest BCUT2D eigenvalue weighted by Gasteiger charge is -2.34. The third-order valence-corrected chi connectivity index (χ3v) is 5.08. The van der Waals surface area contributed by atoms with Crippen molar-refractivity contribution in [2.24, 2.45) is 0 Å². The van der Waals surface area contributed by atoms with Gasteiger partial charge in [-0.3, -0.25) is 4.79 Å². The molecule has 0 bridgehead atoms. The highest BCUT2D eigenvalue weighted by Gasteiger charge is 2.13. The standard InChI is InChI=1S/C22H30N4O/c1-17-4-5-18(2)21(16-17)24-22(27)10-11-23-19-6-8-20(9-7-19)26-14-12-25(3)13-15-26/h4-9,16,23H,10-15H2,1-3H3,(H,24,27). The molecule has 2 N–H and O–H groups in total. The molecule has 1 fully saturated rings. The van der Waals surface area contributed by atoms with Gasteiger partial charge in [0.15, 0.2) is 0 Å². The maximum atomic E-state index is 12.2. The molecule has 0 saturated carbocycles. The van der Waals surface area contributed by atoms with Crippen LogP contribution < -0.4 is 15.5 Å². The summed E-state index contributed by atoms with van der Waals surface area (Å²) in [5.41, 5.74) is 5.45. The Morgan fingerprint density at radius 3 is 2.41 bits per heavy atom. The molecule has 2 aromatic rings. The molecule has 1 saturated heterocycles. The van der Waals surface area contributed by atoms with Crippen molar-refractivity contribution in [2.45, 2.75) is 20.3 Å². The second-order valence-electron chi connectivity index (χ2n) is 7.38. The van der Waals surface area contributed by atoms with E-state index in [2.05, 4.69) is 57.8 Å². The zero-order valence-corrected chi connectivity index (χ0v) is 16.6. The van der Waals surface area contributed by atoms with Crippen LogP contribution in [0.3, 0.4) is 0 Å². The Labute approximate surface area is 162 Å². The van der Waals surface area contributed by atoms with Gasteiger partial charge in [-0.1, -0.05) is 12.1 Å². The predicted octanol–water partition coefficient (Wildman–Crippen LogP) is 3.50. The first kappa shape index (κ1) is 19.2. The van der Waals surface area contributed by atoms with Gasteiger partial charge >= 0.3 is 0 Å². The van der Waals surface area contributed by atoms with E-state index in [9.17, 15) is 4.79 Å². The van der Waals surface area contributed by atoms with E-state index in [1.807, 2.05) is 26.0 Å². The van der Waals surface area contributed by atoms with E-state index in [1.54, 1.807) is 0 Å². The lowest BCUT2D eigenvalue weighted by molar-refractivity contribution is -0.115. The fourth-order valence-corrected chi connectivity index (χ4v) is 3.26. The molecule has 0 spiro atoms. The molecule has 0 radical (unpaired) electrons. The van der Waals surface area contributed by atoms with Crippen molar-refractivity contribution in [1.82, 2.24) is 4.90 Å². The molecule has 2 aromatic carbocycles. The minimum absolute atomic E-state index is 0.0326. The van der Waals surface area contributed by atoms with Crippen molar-refractivity contribution in [3.8, 4) is 0 Å². The van der Waals surface area contributed by atoms with E-state index in [4.69, 9.17) is 0 Å². The average Bonchev–Trinajstić information content (AvgIpc) is 2.66. The molecular weight excluding hydrogens is 336 g/mol. The first-order valence-electron chi connectivity index (χ1n) is 9.66. The molecule has 5 nitrogen and oxygen atoms in total. The van der Waals surface area contributed by atoms with Gasteiger partial charge in [0.1, 0.15) is 0 Å². The van der Waals surface area contributed by atoms with Crippen LogP contribution in [0.15, 0.2) is 42.5 Å². The van der Waals surface area contributed by atoms with Crippen LogP contribution in [0.25, 0.3) is 0 Å². The molecule has 5 heteroatoms. The van der Waals surface area contributed by atoms with Crippen molar-refractivity contribution in [3.05, 3.63) is 53.6 Å². The van der Waals surface area contributed by atoms with E-state index in [0.29, 0.717) is 13.0 Å². The number of nitrogens with one attached hydrogen (secondary N) is 2. The third-order valence-electron chi connectivity index (χ3n) is 5.08. The molecule has 0 aliphatic carbocycles. The van der Waals surface area contributed by atoms with Crippen LogP contribution >= 0.6 is 0 Å². The molecule has 144 valence electrons. The second-order valence-corrected chi connectivity index (χ2v) is 7.38. The molecule has 0 unspecified atom stereocenters. The van der Waals surface area contributed by atoms with Gasteiger partial charge in [0.25, 0.3) is 0 Å². The smallest absolute Gasteiger partial charge is 0.226 e. The maximum absolute atomic E-state index is 12.2. The van der Waals surface area contributed by atoms with Gasteiger partial charge in [-0.15, -0.1) is 0 Å². The number of rotatable bonds is 6. The fourth-order valence-electron chi connectivity index (χ4n) is 3.26. The highest BCUT2D eigenvalue weighted by Crippen LogP contribution is 2.20. The van der Waals surface area contributed by atoms with Crippen molar-refractivity contribution in [1.29, 1.82) is 0 Å². The number of benzene rings is 2. The maximum Gasteiger partial charge on any atom is 0.226 e. The normalized spacial score (nSPS) is 14.9. The van der Waals surface area contributed by atoms with Gasteiger partial charge in [0.2, 0.25) is 5.91 Å². The lowest BCUT2D eigenvalue weighted by atomic mass is 10.1. The molecule has 0 aromatic heterocycles. The zero-order valence-electron chi connectivity index (χ0n) is 16.6. The Hall–Kier alpha value is -2.53. The summed E-state index contributed by atoms with van der Waals surface area (Å²) >= 11 is 0. The summed E-state index contributed by atoms with van der Waals surface area (Å²) < 4.78 is 0. The molecule has 1 aliphatic rings. The first-order valence-corrected chi connectivity index (χ1v) is 9.66. The van der Waals surface area contributed by atoms with Crippen LogP contribution in [-0.4, -0.2) is 50.6 Å². The minimum atomic E-state index is 0.0326. The van der Waals surface area contributed by atoms with E-state index in [-0.39, 0.29) is 5.91 Å². The number of amides is 1. The Bertz CT molecular complexity index is 764. The Kier molecular flexibility index (Phi) is 6.35. The SMILES string of the molecule is Cc1ccc(C)c(NC(=O)CCNc2ccc(N3CCN(C)CC3)cc2)c1. The summed E-state index contributed by atoms with van der Waals surface area (Å²) in [5.74, 6) is 0.0326. The van der Waals surface area contributed by atoms with E-state index < -0.39 is 0 Å². The van der Waals surface area contributed by atoms with Crippen LogP contribution in [0.2, 0.25) is 0 Å². The quantitative estimate of drug-likeness (QED) is 0.822. The minimum Gasteiger partial charge on any atom is -0.385 e. The van der Waals surface area contributed by atoms with Gasteiger partial charge < -0.3 is 20.4 Å². The monoisotopic (exact) mass is 366 g/mol. The van der Waals surface area contributed by atoms with Crippen LogP contribution in [0, 0.1) is 13.8 Å². The average molecular weight is 367 g/mol. The Morgan fingerprint density at radius 2 is 1.70 bits per heavy atom. The summed E-state index contributed by atoms with van der Waals surface area (Å²) in [6, 6.07) is 14.6. The fraction of sp³-hybridized carbons (Fsp3) is 0.409. The highest BCUT2D eigenvalue weighted by atomic mass is 16.1. The summed E-state index contributed by atoms with van der Waals surface area (Å²) in [7, 11) is 2.17. The van der Waals surface area contributed by atoms with Gasteiger partial charge in [0.05, 0.1) is 0 Å². The number of nitrogens with zero attached hydrogens (tertiary/aromatic N) is 2. The topological polar surface area (TPSA) is 47.6 Å². The van der Waals surface area contributed by atoms with Crippen LogP contribution in [0.5, 0.6) is 0 Å². The summed E-state index contributed by atoms with van der Waals surface area (Å²) in [6.07, 6.45) is 0.438. The zero-order chi connectivity index (χ0) is 19.2. The summed E-state index contributed by atoms with van der Waals surface area (Å²) in [6.45, 7) is 9.01.